The summed E-state index contributed by atoms with van der Waals surface area (Å²) in [6.07, 6.45) is 1.07. The molecule has 0 bridgehead atoms. The van der Waals surface area contributed by atoms with Gasteiger partial charge >= 0.3 is 0 Å². The van der Waals surface area contributed by atoms with Gasteiger partial charge in [-0.1, -0.05) is 24.3 Å². The summed E-state index contributed by atoms with van der Waals surface area (Å²) in [5, 5.41) is 0. The first-order valence-electron chi connectivity index (χ1n) is 7.75. The molecule has 130 valence electrons. The van der Waals surface area contributed by atoms with Crippen molar-refractivity contribution in [1.29, 1.82) is 0 Å². The highest BCUT2D eigenvalue weighted by Crippen LogP contribution is 2.14. The van der Waals surface area contributed by atoms with E-state index in [9.17, 15) is 8.42 Å². The molecule has 0 saturated heterocycles. The molecule has 0 unspecified atom stereocenters. The standard InChI is InChI=1S/C18H23NO4S/c1-22-17-7-3-5-15(13-17)9-11-19-24(20,21)12-10-16-6-4-8-18(14-16)23-2/h3-8,13-14,19H,9-12H2,1-2H3. The van der Waals surface area contributed by atoms with Gasteiger partial charge in [-0.3, -0.25) is 0 Å². The van der Waals surface area contributed by atoms with Crippen LogP contribution in [0.5, 0.6) is 11.5 Å². The Kier molecular flexibility index (Phi) is 6.63. The highest BCUT2D eigenvalue weighted by Gasteiger charge is 2.10. The molecule has 0 fully saturated rings. The predicted molar refractivity (Wildman–Crippen MR) is 95.2 cm³/mol. The third kappa shape index (κ3) is 5.86. The molecule has 24 heavy (non-hydrogen) atoms. The molecule has 0 aliphatic rings. The average Bonchev–Trinajstić information content (AvgIpc) is 2.60. The van der Waals surface area contributed by atoms with Crippen molar-refractivity contribution in [3.05, 3.63) is 59.7 Å². The summed E-state index contributed by atoms with van der Waals surface area (Å²) in [6, 6.07) is 15.1. The Bertz CT molecular complexity index is 759. The second kappa shape index (κ2) is 8.70. The molecule has 2 rings (SSSR count). The quantitative estimate of drug-likeness (QED) is 0.755. The molecule has 2 aromatic rings. The monoisotopic (exact) mass is 349 g/mol. The first kappa shape index (κ1) is 18.3. The Hall–Kier alpha value is -2.05. The lowest BCUT2D eigenvalue weighted by atomic mass is 10.1. The van der Waals surface area contributed by atoms with Crippen LogP contribution in [0.3, 0.4) is 0 Å². The molecule has 5 nitrogen and oxygen atoms in total. The zero-order chi connectivity index (χ0) is 17.4. The molecule has 6 heteroatoms. The van der Waals surface area contributed by atoms with Gasteiger partial charge in [-0.2, -0.15) is 0 Å². The number of ether oxygens (including phenoxy) is 2. The second-order valence-corrected chi connectivity index (χ2v) is 7.34. The van der Waals surface area contributed by atoms with E-state index in [4.69, 9.17) is 9.47 Å². The Morgan fingerprint density at radius 2 is 1.42 bits per heavy atom. The fourth-order valence-electron chi connectivity index (χ4n) is 2.33. The SMILES string of the molecule is COc1cccc(CCNS(=O)(=O)CCc2cccc(OC)c2)c1. The van der Waals surface area contributed by atoms with Crippen LogP contribution in [0.2, 0.25) is 0 Å². The van der Waals surface area contributed by atoms with E-state index in [0.717, 1.165) is 22.6 Å². The van der Waals surface area contributed by atoms with E-state index in [0.29, 0.717) is 19.4 Å². The summed E-state index contributed by atoms with van der Waals surface area (Å²) in [5.74, 6) is 1.56. The minimum Gasteiger partial charge on any atom is -0.497 e. The third-order valence-electron chi connectivity index (χ3n) is 3.66. The summed E-state index contributed by atoms with van der Waals surface area (Å²) in [4.78, 5) is 0. The highest BCUT2D eigenvalue weighted by atomic mass is 32.2. The molecular weight excluding hydrogens is 326 g/mol. The number of hydrogen-bond acceptors (Lipinski definition) is 4. The summed E-state index contributed by atoms with van der Waals surface area (Å²) in [5.41, 5.74) is 1.97. The number of hydrogen-bond donors (Lipinski definition) is 1. The fourth-order valence-corrected chi connectivity index (χ4v) is 3.39. The third-order valence-corrected chi connectivity index (χ3v) is 5.05. The largest absolute Gasteiger partial charge is 0.497 e. The van der Waals surface area contributed by atoms with Crippen LogP contribution in [-0.2, 0) is 22.9 Å². The number of benzene rings is 2. The van der Waals surface area contributed by atoms with Gasteiger partial charge < -0.3 is 9.47 Å². The van der Waals surface area contributed by atoms with Crippen molar-refractivity contribution < 1.29 is 17.9 Å². The maximum Gasteiger partial charge on any atom is 0.211 e. The van der Waals surface area contributed by atoms with Crippen LogP contribution >= 0.6 is 0 Å². The predicted octanol–water partition coefficient (Wildman–Crippen LogP) is 2.41. The lowest BCUT2D eigenvalue weighted by Crippen LogP contribution is -2.29. The van der Waals surface area contributed by atoms with Crippen LogP contribution in [0.25, 0.3) is 0 Å². The maximum absolute atomic E-state index is 12.1. The van der Waals surface area contributed by atoms with Crippen LogP contribution in [0.1, 0.15) is 11.1 Å². The first-order valence-corrected chi connectivity index (χ1v) is 9.41. The molecule has 0 atom stereocenters. The van der Waals surface area contributed by atoms with E-state index in [1.54, 1.807) is 14.2 Å². The smallest absolute Gasteiger partial charge is 0.211 e. The Morgan fingerprint density at radius 1 is 0.875 bits per heavy atom. The van der Waals surface area contributed by atoms with Crippen molar-refractivity contribution in [2.75, 3.05) is 26.5 Å². The molecule has 1 N–H and O–H groups in total. The van der Waals surface area contributed by atoms with Crippen LogP contribution in [-0.4, -0.2) is 34.9 Å². The Balaban J connectivity index is 1.82. The maximum atomic E-state index is 12.1. The molecule has 0 heterocycles. The number of sulfonamides is 1. The highest BCUT2D eigenvalue weighted by molar-refractivity contribution is 7.89. The van der Waals surface area contributed by atoms with E-state index in [1.165, 1.54) is 0 Å². The van der Waals surface area contributed by atoms with Crippen molar-refractivity contribution in [2.45, 2.75) is 12.8 Å². The summed E-state index contributed by atoms with van der Waals surface area (Å²) >= 11 is 0. The van der Waals surface area contributed by atoms with E-state index in [-0.39, 0.29) is 5.75 Å². The van der Waals surface area contributed by atoms with Gasteiger partial charge in [0.15, 0.2) is 0 Å². The first-order chi connectivity index (χ1) is 11.5. The molecule has 0 aromatic heterocycles. The van der Waals surface area contributed by atoms with Gasteiger partial charge in [0.1, 0.15) is 11.5 Å². The van der Waals surface area contributed by atoms with Gasteiger partial charge in [-0.15, -0.1) is 0 Å². The minimum absolute atomic E-state index is 0.0538. The number of nitrogens with one attached hydrogen (secondary N) is 1. The van der Waals surface area contributed by atoms with Crippen molar-refractivity contribution >= 4 is 10.0 Å². The molecular formula is C18H23NO4S. The molecule has 0 aliphatic carbocycles. The van der Waals surface area contributed by atoms with Gasteiger partial charge in [0, 0.05) is 6.54 Å². The second-order valence-electron chi connectivity index (χ2n) is 5.42. The van der Waals surface area contributed by atoms with Crippen molar-refractivity contribution in [1.82, 2.24) is 4.72 Å². The lowest BCUT2D eigenvalue weighted by Gasteiger charge is -2.08. The molecule has 0 saturated carbocycles. The van der Waals surface area contributed by atoms with Gasteiger partial charge in [0.05, 0.1) is 20.0 Å². The molecule has 0 radical (unpaired) electrons. The Morgan fingerprint density at radius 3 is 1.96 bits per heavy atom. The van der Waals surface area contributed by atoms with E-state index in [1.807, 2.05) is 48.5 Å². The fraction of sp³-hybridized carbons (Fsp3) is 0.333. The summed E-state index contributed by atoms with van der Waals surface area (Å²) in [7, 11) is -0.102. The molecule has 2 aromatic carbocycles. The normalized spacial score (nSPS) is 11.2. The van der Waals surface area contributed by atoms with Crippen LogP contribution in [0, 0.1) is 0 Å². The summed E-state index contributed by atoms with van der Waals surface area (Å²) < 4.78 is 37.2. The zero-order valence-electron chi connectivity index (χ0n) is 14.0. The van der Waals surface area contributed by atoms with Crippen molar-refractivity contribution in [3.63, 3.8) is 0 Å². The number of methoxy groups -OCH3 is 2. The number of rotatable bonds is 9. The van der Waals surface area contributed by atoms with Gasteiger partial charge in [-0.05, 0) is 48.2 Å². The van der Waals surface area contributed by atoms with Crippen LogP contribution in [0.15, 0.2) is 48.5 Å². The zero-order valence-corrected chi connectivity index (χ0v) is 14.8. The van der Waals surface area contributed by atoms with Crippen molar-refractivity contribution in [2.24, 2.45) is 0 Å². The lowest BCUT2D eigenvalue weighted by molar-refractivity contribution is 0.414. The van der Waals surface area contributed by atoms with E-state index >= 15 is 0 Å². The van der Waals surface area contributed by atoms with Gasteiger partial charge in [-0.25, -0.2) is 13.1 Å². The van der Waals surface area contributed by atoms with Gasteiger partial charge in [0.25, 0.3) is 0 Å². The van der Waals surface area contributed by atoms with E-state index in [2.05, 4.69) is 4.72 Å². The Labute approximate surface area is 143 Å². The molecule has 0 aliphatic heterocycles. The van der Waals surface area contributed by atoms with Gasteiger partial charge in [0.2, 0.25) is 10.0 Å². The topological polar surface area (TPSA) is 64.6 Å². The molecule has 0 spiro atoms. The van der Waals surface area contributed by atoms with Crippen LogP contribution < -0.4 is 14.2 Å². The number of aryl methyl sites for hydroxylation is 1. The average molecular weight is 349 g/mol. The minimum atomic E-state index is -3.31. The molecule has 0 amide bonds. The summed E-state index contributed by atoms with van der Waals surface area (Å²) in [6.45, 7) is 0.369. The van der Waals surface area contributed by atoms with Crippen molar-refractivity contribution in [3.8, 4) is 11.5 Å². The van der Waals surface area contributed by atoms with Crippen LogP contribution in [0.4, 0.5) is 0 Å². The van der Waals surface area contributed by atoms with E-state index < -0.39 is 10.0 Å².